The van der Waals surface area contributed by atoms with Gasteiger partial charge in [-0.15, -0.1) is 11.3 Å². The van der Waals surface area contributed by atoms with Gasteiger partial charge in [0.1, 0.15) is 4.21 Å². The van der Waals surface area contributed by atoms with Gasteiger partial charge < -0.3 is 5.11 Å². The first-order valence-corrected chi connectivity index (χ1v) is 7.50. The maximum atomic E-state index is 13.0. The van der Waals surface area contributed by atoms with Crippen molar-refractivity contribution < 1.29 is 26.7 Å². The molecule has 20 heavy (non-hydrogen) atoms. The highest BCUT2D eigenvalue weighted by Crippen LogP contribution is 2.25. The van der Waals surface area contributed by atoms with Crippen LogP contribution >= 0.6 is 11.3 Å². The fraction of sp³-hybridized carbons (Fsp3) is 0.0909. The second-order valence-electron chi connectivity index (χ2n) is 3.74. The molecule has 0 fully saturated rings. The van der Waals surface area contributed by atoms with Crippen LogP contribution in [0.3, 0.4) is 0 Å². The summed E-state index contributed by atoms with van der Waals surface area (Å²) in [6.45, 7) is -0.319. The highest BCUT2D eigenvalue weighted by molar-refractivity contribution is 7.94. The fourth-order valence-corrected chi connectivity index (χ4v) is 3.66. The molecule has 108 valence electrons. The van der Waals surface area contributed by atoms with Crippen molar-refractivity contribution in [2.24, 2.45) is 0 Å². The van der Waals surface area contributed by atoms with Crippen LogP contribution < -0.4 is 4.72 Å². The average Bonchev–Trinajstić information content (AvgIpc) is 2.85. The van der Waals surface area contributed by atoms with Gasteiger partial charge in [-0.25, -0.2) is 21.6 Å². The number of benzene rings is 1. The van der Waals surface area contributed by atoms with Crippen LogP contribution in [0.4, 0.5) is 18.9 Å². The molecule has 0 saturated carbocycles. The molecular formula is C11H8F3NO3S2. The van der Waals surface area contributed by atoms with E-state index in [4.69, 9.17) is 5.11 Å². The predicted octanol–water partition coefficient (Wildman–Crippen LogP) is 2.46. The Labute approximate surface area is 116 Å². The second kappa shape index (κ2) is 5.43. The molecule has 0 unspecified atom stereocenters. The van der Waals surface area contributed by atoms with E-state index in [1.165, 1.54) is 12.1 Å². The molecule has 0 aliphatic rings. The summed E-state index contributed by atoms with van der Waals surface area (Å²) >= 11 is 0.809. The summed E-state index contributed by atoms with van der Waals surface area (Å²) in [5.41, 5.74) is -0.430. The fourth-order valence-electron chi connectivity index (χ4n) is 1.41. The zero-order chi connectivity index (χ0) is 14.9. The van der Waals surface area contributed by atoms with Crippen LogP contribution in [0.25, 0.3) is 0 Å². The van der Waals surface area contributed by atoms with Gasteiger partial charge in [-0.2, -0.15) is 0 Å². The van der Waals surface area contributed by atoms with Gasteiger partial charge in [-0.05, 0) is 12.1 Å². The topological polar surface area (TPSA) is 66.4 Å². The van der Waals surface area contributed by atoms with Crippen molar-refractivity contribution in [3.8, 4) is 0 Å². The van der Waals surface area contributed by atoms with E-state index < -0.39 is 33.2 Å². The Morgan fingerprint density at radius 3 is 2.25 bits per heavy atom. The van der Waals surface area contributed by atoms with Crippen molar-refractivity contribution in [2.75, 3.05) is 4.72 Å². The lowest BCUT2D eigenvalue weighted by atomic mass is 10.3. The quantitative estimate of drug-likeness (QED) is 0.850. The van der Waals surface area contributed by atoms with Gasteiger partial charge in [0.2, 0.25) is 0 Å². The van der Waals surface area contributed by atoms with Crippen LogP contribution in [0.2, 0.25) is 0 Å². The largest absolute Gasteiger partial charge is 0.391 e. The molecule has 0 saturated heterocycles. The van der Waals surface area contributed by atoms with Crippen molar-refractivity contribution in [3.63, 3.8) is 0 Å². The molecule has 0 spiro atoms. The van der Waals surface area contributed by atoms with E-state index in [0.717, 1.165) is 11.3 Å². The van der Waals surface area contributed by atoms with Crippen LogP contribution in [-0.2, 0) is 16.6 Å². The van der Waals surface area contributed by atoms with Gasteiger partial charge in [0, 0.05) is 17.0 Å². The third kappa shape index (κ3) is 2.94. The highest BCUT2D eigenvalue weighted by atomic mass is 32.2. The van der Waals surface area contributed by atoms with Crippen molar-refractivity contribution >= 4 is 27.0 Å². The number of hydrogen-bond donors (Lipinski definition) is 2. The summed E-state index contributed by atoms with van der Waals surface area (Å²) < 4.78 is 64.4. The Morgan fingerprint density at radius 1 is 1.15 bits per heavy atom. The maximum Gasteiger partial charge on any atom is 0.271 e. The molecule has 0 bridgehead atoms. The standard InChI is InChI=1S/C11H8F3NO3S2/c12-8-3-6(4-9(13)11(8)14)15-20(17,18)10-2-1-7(5-16)19-10/h1-4,15-16H,5H2. The summed E-state index contributed by atoms with van der Waals surface area (Å²) in [4.78, 5) is 0.418. The maximum absolute atomic E-state index is 13.0. The molecule has 1 aromatic heterocycles. The van der Waals surface area contributed by atoms with Crippen molar-refractivity contribution in [3.05, 3.63) is 46.6 Å². The summed E-state index contributed by atoms with van der Waals surface area (Å²) in [6, 6.07) is 3.73. The van der Waals surface area contributed by atoms with Crippen molar-refractivity contribution in [1.82, 2.24) is 0 Å². The Balaban J connectivity index is 2.33. The lowest BCUT2D eigenvalue weighted by Gasteiger charge is -2.07. The molecule has 2 rings (SSSR count). The molecular weight excluding hydrogens is 315 g/mol. The molecule has 0 radical (unpaired) electrons. The lowest BCUT2D eigenvalue weighted by Crippen LogP contribution is -2.12. The van der Waals surface area contributed by atoms with Gasteiger partial charge in [-0.1, -0.05) is 0 Å². The molecule has 4 nitrogen and oxygen atoms in total. The normalized spacial score (nSPS) is 11.6. The Hall–Kier alpha value is -1.58. The zero-order valence-electron chi connectivity index (χ0n) is 9.73. The molecule has 0 aliphatic heterocycles. The average molecular weight is 323 g/mol. The third-order valence-electron chi connectivity index (χ3n) is 2.29. The van der Waals surface area contributed by atoms with E-state index in [9.17, 15) is 21.6 Å². The van der Waals surface area contributed by atoms with Gasteiger partial charge in [0.25, 0.3) is 10.0 Å². The number of thiophene rings is 1. The minimum Gasteiger partial charge on any atom is -0.391 e. The van der Waals surface area contributed by atoms with E-state index in [1.807, 2.05) is 4.72 Å². The zero-order valence-corrected chi connectivity index (χ0v) is 11.4. The molecule has 0 aliphatic carbocycles. The molecule has 0 amide bonds. The number of nitrogens with one attached hydrogen (secondary N) is 1. The number of aliphatic hydroxyl groups excluding tert-OH is 1. The van der Waals surface area contributed by atoms with E-state index in [2.05, 4.69) is 0 Å². The van der Waals surface area contributed by atoms with E-state index in [0.29, 0.717) is 17.0 Å². The minimum atomic E-state index is -4.05. The number of rotatable bonds is 4. The monoisotopic (exact) mass is 323 g/mol. The number of hydrogen-bond acceptors (Lipinski definition) is 4. The summed E-state index contributed by atoms with van der Waals surface area (Å²) in [6.07, 6.45) is 0. The Morgan fingerprint density at radius 2 is 1.75 bits per heavy atom. The smallest absolute Gasteiger partial charge is 0.271 e. The molecule has 1 heterocycles. The van der Waals surface area contributed by atoms with Gasteiger partial charge in [0.05, 0.1) is 12.3 Å². The molecule has 2 aromatic rings. The van der Waals surface area contributed by atoms with Crippen LogP contribution in [0.1, 0.15) is 4.88 Å². The Bertz CT molecular complexity index is 720. The summed E-state index contributed by atoms with van der Waals surface area (Å²) in [7, 11) is -4.05. The first-order chi connectivity index (χ1) is 9.33. The first-order valence-electron chi connectivity index (χ1n) is 5.20. The highest BCUT2D eigenvalue weighted by Gasteiger charge is 2.19. The third-order valence-corrected chi connectivity index (χ3v) is 5.24. The molecule has 2 N–H and O–H groups in total. The molecule has 0 atom stereocenters. The van der Waals surface area contributed by atoms with Crippen molar-refractivity contribution in [1.29, 1.82) is 0 Å². The van der Waals surface area contributed by atoms with E-state index in [1.54, 1.807) is 0 Å². The first kappa shape index (κ1) is 14.8. The summed E-state index contributed by atoms with van der Waals surface area (Å²) in [5, 5.41) is 8.86. The van der Waals surface area contributed by atoms with Crippen LogP contribution in [0.5, 0.6) is 0 Å². The minimum absolute atomic E-state index is 0.133. The summed E-state index contributed by atoms with van der Waals surface area (Å²) in [5.74, 6) is -4.67. The van der Waals surface area contributed by atoms with Crippen LogP contribution in [0.15, 0.2) is 28.5 Å². The lowest BCUT2D eigenvalue weighted by molar-refractivity contribution is 0.285. The second-order valence-corrected chi connectivity index (χ2v) is 6.82. The Kier molecular flexibility index (Phi) is 4.02. The number of sulfonamides is 1. The molecule has 9 heteroatoms. The number of anilines is 1. The van der Waals surface area contributed by atoms with Gasteiger partial charge in [0.15, 0.2) is 17.5 Å². The van der Waals surface area contributed by atoms with Crippen molar-refractivity contribution in [2.45, 2.75) is 10.8 Å². The van der Waals surface area contributed by atoms with E-state index >= 15 is 0 Å². The number of aliphatic hydroxyl groups is 1. The van der Waals surface area contributed by atoms with Gasteiger partial charge in [-0.3, -0.25) is 4.72 Å². The predicted molar refractivity (Wildman–Crippen MR) is 67.4 cm³/mol. The molecule has 1 aromatic carbocycles. The number of halogens is 3. The van der Waals surface area contributed by atoms with E-state index in [-0.39, 0.29) is 10.8 Å². The van der Waals surface area contributed by atoms with Crippen LogP contribution in [0, 0.1) is 17.5 Å². The van der Waals surface area contributed by atoms with Gasteiger partial charge >= 0.3 is 0 Å². The van der Waals surface area contributed by atoms with Crippen LogP contribution in [-0.4, -0.2) is 13.5 Å². The SMILES string of the molecule is O=S(=O)(Nc1cc(F)c(F)c(F)c1)c1ccc(CO)s1.